The van der Waals surface area contributed by atoms with E-state index in [2.05, 4.69) is 0 Å². The molecule has 0 aromatic heterocycles. The van der Waals surface area contributed by atoms with E-state index in [1.165, 1.54) is 0 Å². The zero-order chi connectivity index (χ0) is 15.7. The van der Waals surface area contributed by atoms with Crippen molar-refractivity contribution in [2.75, 3.05) is 0 Å². The van der Waals surface area contributed by atoms with Crippen molar-refractivity contribution >= 4 is 17.9 Å². The maximum atomic E-state index is 11.6. The molecule has 0 spiro atoms. The molecule has 21 heavy (non-hydrogen) atoms. The first kappa shape index (κ1) is 16.1. The van der Waals surface area contributed by atoms with Crippen LogP contribution in [-0.4, -0.2) is 23.0 Å². The van der Waals surface area contributed by atoms with E-state index in [0.717, 1.165) is 6.92 Å². The van der Waals surface area contributed by atoms with E-state index in [1.54, 1.807) is 60.7 Å². The highest BCUT2D eigenvalue weighted by Gasteiger charge is 2.13. The van der Waals surface area contributed by atoms with Gasteiger partial charge in [-0.1, -0.05) is 36.4 Å². The highest BCUT2D eigenvalue weighted by atomic mass is 16.6. The summed E-state index contributed by atoms with van der Waals surface area (Å²) in [5, 5.41) is 7.42. The number of carboxylic acids is 1. The molecule has 1 N–H and O–H groups in total. The third kappa shape index (κ3) is 6.15. The highest BCUT2D eigenvalue weighted by Crippen LogP contribution is 2.05. The standard InChI is InChI=1S/C14H10O3.C2H4O2/c15-13(11-7-3-1-4-8-11)17-14(16)12-9-5-2-6-10-12;1-2(3)4/h1-10H;1H3,(H,3,4). The molecule has 0 atom stereocenters. The Bertz CT molecular complexity index is 552. The van der Waals surface area contributed by atoms with Crippen LogP contribution in [0.4, 0.5) is 0 Å². The Balaban J connectivity index is 0.000000491. The molecular formula is C16H14O5. The van der Waals surface area contributed by atoms with E-state index >= 15 is 0 Å². The van der Waals surface area contributed by atoms with Gasteiger partial charge in [0.25, 0.3) is 5.97 Å². The lowest BCUT2D eigenvalue weighted by molar-refractivity contribution is -0.134. The molecule has 2 rings (SSSR count). The summed E-state index contributed by atoms with van der Waals surface area (Å²) in [6.45, 7) is 1.08. The Labute approximate surface area is 121 Å². The Morgan fingerprint density at radius 3 is 1.33 bits per heavy atom. The quantitative estimate of drug-likeness (QED) is 0.678. The van der Waals surface area contributed by atoms with Crippen LogP contribution in [-0.2, 0) is 9.53 Å². The molecule has 0 aliphatic rings. The predicted molar refractivity (Wildman–Crippen MR) is 75.9 cm³/mol. The first-order chi connectivity index (χ1) is 10.0. The molecule has 0 amide bonds. The SMILES string of the molecule is CC(=O)O.O=C(OC(=O)c1ccccc1)c1ccccc1. The van der Waals surface area contributed by atoms with E-state index in [0.29, 0.717) is 11.1 Å². The number of benzene rings is 2. The summed E-state index contributed by atoms with van der Waals surface area (Å²) in [4.78, 5) is 32.2. The summed E-state index contributed by atoms with van der Waals surface area (Å²) in [7, 11) is 0. The molecule has 0 saturated carbocycles. The van der Waals surface area contributed by atoms with Gasteiger partial charge in [-0.3, -0.25) is 4.79 Å². The summed E-state index contributed by atoms with van der Waals surface area (Å²) in [5.41, 5.74) is 0.716. The van der Waals surface area contributed by atoms with Crippen molar-refractivity contribution in [3.63, 3.8) is 0 Å². The molecule has 2 aromatic carbocycles. The van der Waals surface area contributed by atoms with Gasteiger partial charge in [-0.2, -0.15) is 0 Å². The number of hydrogen-bond acceptors (Lipinski definition) is 4. The fourth-order valence-corrected chi connectivity index (χ4v) is 1.35. The van der Waals surface area contributed by atoms with Crippen LogP contribution in [0, 0.1) is 0 Å². The van der Waals surface area contributed by atoms with Gasteiger partial charge in [0, 0.05) is 6.92 Å². The van der Waals surface area contributed by atoms with Gasteiger partial charge >= 0.3 is 11.9 Å². The van der Waals surface area contributed by atoms with Crippen molar-refractivity contribution < 1.29 is 24.2 Å². The van der Waals surface area contributed by atoms with Crippen LogP contribution in [0.3, 0.4) is 0 Å². The molecule has 2 aromatic rings. The van der Waals surface area contributed by atoms with Crippen molar-refractivity contribution in [3.05, 3.63) is 71.8 Å². The maximum Gasteiger partial charge on any atom is 0.346 e. The molecule has 0 saturated heterocycles. The normalized spacial score (nSPS) is 9.00. The largest absolute Gasteiger partial charge is 0.481 e. The van der Waals surface area contributed by atoms with Gasteiger partial charge in [0.15, 0.2) is 0 Å². The molecule has 0 unspecified atom stereocenters. The van der Waals surface area contributed by atoms with Crippen molar-refractivity contribution in [1.82, 2.24) is 0 Å². The van der Waals surface area contributed by atoms with E-state index in [9.17, 15) is 9.59 Å². The van der Waals surface area contributed by atoms with Crippen molar-refractivity contribution in [2.24, 2.45) is 0 Å². The zero-order valence-electron chi connectivity index (χ0n) is 11.4. The van der Waals surface area contributed by atoms with Crippen LogP contribution < -0.4 is 0 Å². The number of carboxylic acid groups (broad SMARTS) is 1. The van der Waals surface area contributed by atoms with Crippen molar-refractivity contribution in [3.8, 4) is 0 Å². The topological polar surface area (TPSA) is 80.7 Å². The molecule has 0 aliphatic heterocycles. The van der Waals surface area contributed by atoms with Crippen LogP contribution in [0.25, 0.3) is 0 Å². The van der Waals surface area contributed by atoms with E-state index in [1.807, 2.05) is 0 Å². The average Bonchev–Trinajstić information content (AvgIpc) is 2.48. The number of carbonyl (C=O) groups is 3. The summed E-state index contributed by atoms with van der Waals surface area (Å²) >= 11 is 0. The van der Waals surface area contributed by atoms with Crippen LogP contribution >= 0.6 is 0 Å². The maximum absolute atomic E-state index is 11.6. The predicted octanol–water partition coefficient (Wildman–Crippen LogP) is 2.77. The summed E-state index contributed by atoms with van der Waals surface area (Å²) < 4.78 is 4.74. The van der Waals surface area contributed by atoms with Crippen LogP contribution in [0.5, 0.6) is 0 Å². The van der Waals surface area contributed by atoms with E-state index < -0.39 is 17.9 Å². The Morgan fingerprint density at radius 2 is 1.05 bits per heavy atom. The fraction of sp³-hybridized carbons (Fsp3) is 0.0625. The van der Waals surface area contributed by atoms with Crippen LogP contribution in [0.15, 0.2) is 60.7 Å². The van der Waals surface area contributed by atoms with E-state index in [4.69, 9.17) is 14.6 Å². The molecular weight excluding hydrogens is 272 g/mol. The van der Waals surface area contributed by atoms with Gasteiger partial charge in [-0.25, -0.2) is 9.59 Å². The second-order valence-corrected chi connectivity index (χ2v) is 3.93. The number of carbonyl (C=O) groups excluding carboxylic acids is 2. The lowest BCUT2D eigenvalue weighted by Crippen LogP contribution is -2.12. The van der Waals surface area contributed by atoms with Crippen molar-refractivity contribution in [1.29, 1.82) is 0 Å². The Morgan fingerprint density at radius 1 is 0.762 bits per heavy atom. The summed E-state index contributed by atoms with van der Waals surface area (Å²) in [6, 6.07) is 16.8. The minimum Gasteiger partial charge on any atom is -0.481 e. The fourth-order valence-electron chi connectivity index (χ4n) is 1.35. The Hall–Kier alpha value is -2.95. The van der Waals surface area contributed by atoms with Gasteiger partial charge in [0.1, 0.15) is 0 Å². The van der Waals surface area contributed by atoms with Crippen LogP contribution in [0.2, 0.25) is 0 Å². The van der Waals surface area contributed by atoms with Gasteiger partial charge in [-0.15, -0.1) is 0 Å². The van der Waals surface area contributed by atoms with Gasteiger partial charge in [0.2, 0.25) is 0 Å². The number of rotatable bonds is 2. The third-order valence-electron chi connectivity index (χ3n) is 2.20. The van der Waals surface area contributed by atoms with E-state index in [-0.39, 0.29) is 0 Å². The molecule has 5 heteroatoms. The summed E-state index contributed by atoms with van der Waals surface area (Å²) in [5.74, 6) is -2.11. The lowest BCUT2D eigenvalue weighted by Gasteiger charge is -2.02. The smallest absolute Gasteiger partial charge is 0.346 e. The van der Waals surface area contributed by atoms with Crippen molar-refractivity contribution in [2.45, 2.75) is 6.92 Å². The molecule has 0 heterocycles. The first-order valence-corrected chi connectivity index (χ1v) is 6.07. The number of ether oxygens (including phenoxy) is 1. The number of hydrogen-bond donors (Lipinski definition) is 1. The molecule has 108 valence electrons. The van der Waals surface area contributed by atoms with Gasteiger partial charge in [-0.05, 0) is 24.3 Å². The minimum atomic E-state index is -0.833. The molecule has 0 bridgehead atoms. The van der Waals surface area contributed by atoms with Gasteiger partial charge in [0.05, 0.1) is 11.1 Å². The highest BCUT2D eigenvalue weighted by molar-refractivity contribution is 6.02. The van der Waals surface area contributed by atoms with Crippen LogP contribution in [0.1, 0.15) is 27.6 Å². The number of esters is 2. The third-order valence-corrected chi connectivity index (χ3v) is 2.20. The van der Waals surface area contributed by atoms with Gasteiger partial charge < -0.3 is 9.84 Å². The average molecular weight is 286 g/mol. The first-order valence-electron chi connectivity index (χ1n) is 6.07. The molecule has 0 aliphatic carbocycles. The monoisotopic (exact) mass is 286 g/mol. The molecule has 0 radical (unpaired) electrons. The molecule has 5 nitrogen and oxygen atoms in total. The zero-order valence-corrected chi connectivity index (χ0v) is 11.4. The Kier molecular flexibility index (Phi) is 6.34. The second-order valence-electron chi connectivity index (χ2n) is 3.93. The molecule has 0 fully saturated rings. The second kappa shape index (κ2) is 8.27. The lowest BCUT2D eigenvalue weighted by atomic mass is 10.2. The summed E-state index contributed by atoms with van der Waals surface area (Å²) in [6.07, 6.45) is 0. The number of aliphatic carboxylic acids is 1. The minimum absolute atomic E-state index is 0.358.